The van der Waals surface area contributed by atoms with Gasteiger partial charge < -0.3 is 10.2 Å². The summed E-state index contributed by atoms with van der Waals surface area (Å²) in [6.45, 7) is 0. The molecule has 4 heteroatoms. The molecule has 0 aliphatic carbocycles. The molecule has 24 heavy (non-hydrogen) atoms. The lowest BCUT2D eigenvalue weighted by atomic mass is 10.1. The molecule has 3 rings (SSSR count). The van der Waals surface area contributed by atoms with Gasteiger partial charge in [-0.3, -0.25) is 4.79 Å². The minimum atomic E-state index is -0.130. The normalized spacial score (nSPS) is 15.3. The van der Waals surface area contributed by atoms with Gasteiger partial charge in [0, 0.05) is 26.2 Å². The third-order valence-corrected chi connectivity index (χ3v) is 3.95. The van der Waals surface area contributed by atoms with Gasteiger partial charge in [-0.1, -0.05) is 42.5 Å². The van der Waals surface area contributed by atoms with Gasteiger partial charge in [0.2, 0.25) is 0 Å². The van der Waals surface area contributed by atoms with Crippen molar-refractivity contribution in [2.24, 2.45) is 4.99 Å². The van der Waals surface area contributed by atoms with Gasteiger partial charge in [-0.2, -0.15) is 0 Å². The predicted molar refractivity (Wildman–Crippen MR) is 99.1 cm³/mol. The van der Waals surface area contributed by atoms with Gasteiger partial charge in [0.15, 0.2) is 0 Å². The number of benzene rings is 2. The van der Waals surface area contributed by atoms with Crippen molar-refractivity contribution in [1.29, 1.82) is 0 Å². The third-order valence-electron chi connectivity index (χ3n) is 3.95. The molecule has 122 valence electrons. The minimum absolute atomic E-state index is 0.130. The Kier molecular flexibility index (Phi) is 4.75. The maximum Gasteiger partial charge on any atom is 0.275 e. The van der Waals surface area contributed by atoms with E-state index in [1.807, 2.05) is 67.5 Å². The first-order valence-corrected chi connectivity index (χ1v) is 8.04. The van der Waals surface area contributed by atoms with Crippen LogP contribution in [0.15, 0.2) is 65.3 Å². The van der Waals surface area contributed by atoms with Crippen LogP contribution in [0.5, 0.6) is 0 Å². The molecule has 0 atom stereocenters. The number of anilines is 1. The quantitative estimate of drug-likeness (QED) is 0.860. The molecule has 0 bridgehead atoms. The molecule has 0 spiro atoms. The highest BCUT2D eigenvalue weighted by molar-refractivity contribution is 6.14. The third kappa shape index (κ3) is 3.90. The second-order valence-corrected chi connectivity index (χ2v) is 6.01. The second kappa shape index (κ2) is 7.13. The lowest BCUT2D eigenvalue weighted by Crippen LogP contribution is -2.24. The Morgan fingerprint density at radius 2 is 1.71 bits per heavy atom. The summed E-state index contributed by atoms with van der Waals surface area (Å²) < 4.78 is 0. The van der Waals surface area contributed by atoms with Crippen LogP contribution in [0.2, 0.25) is 0 Å². The van der Waals surface area contributed by atoms with Crippen molar-refractivity contribution in [2.75, 3.05) is 19.0 Å². The van der Waals surface area contributed by atoms with Crippen molar-refractivity contribution in [3.63, 3.8) is 0 Å². The zero-order chi connectivity index (χ0) is 16.9. The highest BCUT2D eigenvalue weighted by Gasteiger charge is 2.19. The highest BCUT2D eigenvalue weighted by Crippen LogP contribution is 2.17. The molecule has 4 nitrogen and oxygen atoms in total. The fourth-order valence-electron chi connectivity index (χ4n) is 2.57. The van der Waals surface area contributed by atoms with E-state index in [1.54, 1.807) is 0 Å². The highest BCUT2D eigenvalue weighted by atomic mass is 16.2. The number of hydrogen-bond donors (Lipinski definition) is 1. The first-order chi connectivity index (χ1) is 11.6. The molecule has 0 saturated carbocycles. The zero-order valence-corrected chi connectivity index (χ0v) is 14.0. The molecule has 2 aromatic carbocycles. The molecule has 1 amide bonds. The van der Waals surface area contributed by atoms with E-state index in [-0.39, 0.29) is 5.91 Å². The molecule has 1 heterocycles. The summed E-state index contributed by atoms with van der Waals surface area (Å²) in [5, 5.41) is 2.86. The van der Waals surface area contributed by atoms with E-state index in [9.17, 15) is 4.79 Å². The SMILES string of the molecule is CN(C)c1ccc(/C=C2/N=C(CCc3ccccc3)NC2=O)cc1. The average molecular weight is 319 g/mol. The number of nitrogens with one attached hydrogen (secondary N) is 1. The number of amides is 1. The van der Waals surface area contributed by atoms with Crippen LogP contribution in [0, 0.1) is 0 Å². The topological polar surface area (TPSA) is 44.7 Å². The molecule has 1 aliphatic rings. The predicted octanol–water partition coefficient (Wildman–Crippen LogP) is 3.25. The maximum atomic E-state index is 12.1. The maximum absolute atomic E-state index is 12.1. The second-order valence-electron chi connectivity index (χ2n) is 6.01. The van der Waals surface area contributed by atoms with Gasteiger partial charge in [-0.05, 0) is 35.8 Å². The standard InChI is InChI=1S/C20H21N3O/c1-23(2)17-11-8-16(9-12-17)14-18-20(24)22-19(21-18)13-10-15-6-4-3-5-7-15/h3-9,11-12,14H,10,13H2,1-2H3,(H,21,22,24)/b18-14+. The fourth-order valence-corrected chi connectivity index (χ4v) is 2.57. The van der Waals surface area contributed by atoms with E-state index in [2.05, 4.69) is 22.4 Å². The Labute approximate surface area is 142 Å². The molecule has 1 N–H and O–H groups in total. The molecule has 0 saturated heterocycles. The summed E-state index contributed by atoms with van der Waals surface area (Å²) in [5.41, 5.74) is 3.81. The van der Waals surface area contributed by atoms with Crippen LogP contribution >= 0.6 is 0 Å². The Balaban J connectivity index is 1.69. The van der Waals surface area contributed by atoms with Crippen molar-refractivity contribution in [3.05, 3.63) is 71.4 Å². The molecule has 0 fully saturated rings. The fraction of sp³-hybridized carbons (Fsp3) is 0.200. The van der Waals surface area contributed by atoms with Crippen molar-refractivity contribution in [1.82, 2.24) is 5.32 Å². The van der Waals surface area contributed by atoms with E-state index in [1.165, 1.54) is 5.56 Å². The number of amidine groups is 1. The number of hydrogen-bond acceptors (Lipinski definition) is 3. The Morgan fingerprint density at radius 1 is 1.00 bits per heavy atom. The van der Waals surface area contributed by atoms with Crippen LogP contribution in [0.3, 0.4) is 0 Å². The summed E-state index contributed by atoms with van der Waals surface area (Å²) in [5.74, 6) is 0.606. The Morgan fingerprint density at radius 3 is 2.38 bits per heavy atom. The van der Waals surface area contributed by atoms with Gasteiger partial charge in [-0.25, -0.2) is 4.99 Å². The van der Waals surface area contributed by atoms with Gasteiger partial charge in [0.1, 0.15) is 11.5 Å². The largest absolute Gasteiger partial charge is 0.378 e. The van der Waals surface area contributed by atoms with Crippen molar-refractivity contribution >= 4 is 23.5 Å². The van der Waals surface area contributed by atoms with Crippen LogP contribution in [0.25, 0.3) is 6.08 Å². The lowest BCUT2D eigenvalue weighted by Gasteiger charge is -2.11. The Hall–Kier alpha value is -2.88. The smallest absolute Gasteiger partial charge is 0.275 e. The average Bonchev–Trinajstić information content (AvgIpc) is 2.94. The molecule has 0 unspecified atom stereocenters. The van der Waals surface area contributed by atoms with Crippen molar-refractivity contribution in [3.8, 4) is 0 Å². The zero-order valence-electron chi connectivity index (χ0n) is 14.0. The van der Waals surface area contributed by atoms with Crippen LogP contribution in [-0.4, -0.2) is 25.8 Å². The molecule has 0 aromatic heterocycles. The monoisotopic (exact) mass is 319 g/mol. The van der Waals surface area contributed by atoms with Gasteiger partial charge in [0.05, 0.1) is 0 Å². The van der Waals surface area contributed by atoms with Crippen LogP contribution < -0.4 is 10.2 Å². The first kappa shape index (κ1) is 16.0. The minimum Gasteiger partial charge on any atom is -0.378 e. The van der Waals surface area contributed by atoms with Crippen LogP contribution in [-0.2, 0) is 11.2 Å². The molecule has 2 aromatic rings. The number of carbonyl (C=O) groups is 1. The van der Waals surface area contributed by atoms with E-state index in [4.69, 9.17) is 0 Å². The number of aliphatic imine (C=N–C) groups is 1. The first-order valence-electron chi connectivity index (χ1n) is 8.04. The molecule has 1 aliphatic heterocycles. The van der Waals surface area contributed by atoms with E-state index in [0.29, 0.717) is 5.70 Å². The summed E-state index contributed by atoms with van der Waals surface area (Å²) in [4.78, 5) is 18.6. The van der Waals surface area contributed by atoms with E-state index < -0.39 is 0 Å². The number of nitrogens with zero attached hydrogens (tertiary/aromatic N) is 2. The number of carbonyl (C=O) groups excluding carboxylic acids is 1. The Bertz CT molecular complexity index is 774. The van der Waals surface area contributed by atoms with Crippen molar-refractivity contribution < 1.29 is 4.79 Å². The van der Waals surface area contributed by atoms with E-state index >= 15 is 0 Å². The van der Waals surface area contributed by atoms with Crippen LogP contribution in [0.4, 0.5) is 5.69 Å². The van der Waals surface area contributed by atoms with E-state index in [0.717, 1.165) is 29.9 Å². The van der Waals surface area contributed by atoms with Crippen LogP contribution in [0.1, 0.15) is 17.5 Å². The van der Waals surface area contributed by atoms with Crippen molar-refractivity contribution in [2.45, 2.75) is 12.8 Å². The van der Waals surface area contributed by atoms with Gasteiger partial charge >= 0.3 is 0 Å². The summed E-state index contributed by atoms with van der Waals surface area (Å²) in [7, 11) is 4.00. The van der Waals surface area contributed by atoms with Gasteiger partial charge in [0.25, 0.3) is 5.91 Å². The number of rotatable bonds is 5. The summed E-state index contributed by atoms with van der Waals surface area (Å²) in [6.07, 6.45) is 3.42. The molecular weight excluding hydrogens is 298 g/mol. The van der Waals surface area contributed by atoms with Gasteiger partial charge in [-0.15, -0.1) is 0 Å². The summed E-state index contributed by atoms with van der Waals surface area (Å²) >= 11 is 0. The number of aryl methyl sites for hydroxylation is 1. The molecular formula is C20H21N3O. The lowest BCUT2D eigenvalue weighted by molar-refractivity contribution is -0.115. The molecule has 0 radical (unpaired) electrons. The summed E-state index contributed by atoms with van der Waals surface area (Å²) in [6, 6.07) is 18.3.